The lowest BCUT2D eigenvalue weighted by molar-refractivity contribution is -0.896. The maximum Gasteiger partial charge on any atom is 0.353 e. The van der Waals surface area contributed by atoms with Crippen molar-refractivity contribution in [1.82, 2.24) is 0 Å². The molecule has 0 aliphatic carbocycles. The number of quaternary nitrogens is 1. The molecule has 2 atom stereocenters. The lowest BCUT2D eigenvalue weighted by Gasteiger charge is -2.43. The van der Waals surface area contributed by atoms with Gasteiger partial charge in [-0.1, -0.05) is 0 Å². The Morgan fingerprint density at radius 1 is 1.26 bits per heavy atom. The molecular weight excluding hydrogens is 294 g/mol. The van der Waals surface area contributed by atoms with Crippen LogP contribution in [0, 0.1) is 5.92 Å². The van der Waals surface area contributed by atoms with Crippen molar-refractivity contribution in [3.63, 3.8) is 0 Å². The summed E-state index contributed by atoms with van der Waals surface area (Å²) in [5.74, 6) is -0.224. The van der Waals surface area contributed by atoms with Crippen molar-refractivity contribution >= 4 is 15.2 Å². The quantitative estimate of drug-likeness (QED) is 0.392. The Balaban J connectivity index is 2.88. The Labute approximate surface area is 112 Å². The van der Waals surface area contributed by atoms with Gasteiger partial charge in [-0.15, -0.1) is 0 Å². The summed E-state index contributed by atoms with van der Waals surface area (Å²) in [6.07, 6.45) is 0.812. The van der Waals surface area contributed by atoms with Crippen molar-refractivity contribution in [1.29, 1.82) is 0 Å². The number of nitrogens with zero attached hydrogens (tertiary/aromatic N) is 1. The molecule has 0 radical (unpaired) electrons. The molecular formula is C9H22N2O6P2. The van der Waals surface area contributed by atoms with E-state index in [4.69, 9.17) is 20.4 Å². The number of hydrogen-bond acceptors (Lipinski definition) is 4. The molecule has 0 spiro atoms. The lowest BCUT2D eigenvalue weighted by Crippen LogP contribution is -2.49. The first kappa shape index (κ1) is 17.3. The molecule has 1 aliphatic rings. The number of nitrogens with two attached hydrogens (primary N) is 1. The molecule has 114 valence electrons. The van der Waals surface area contributed by atoms with Crippen LogP contribution in [-0.4, -0.2) is 51.4 Å². The fourth-order valence-electron chi connectivity index (χ4n) is 2.35. The van der Waals surface area contributed by atoms with Crippen LogP contribution in [0.15, 0.2) is 0 Å². The molecule has 1 fully saturated rings. The van der Waals surface area contributed by atoms with Crippen molar-refractivity contribution in [2.45, 2.75) is 24.3 Å². The van der Waals surface area contributed by atoms with Crippen LogP contribution in [0.25, 0.3) is 0 Å². The second-order valence-corrected chi connectivity index (χ2v) is 10.1. The maximum atomic E-state index is 11.3. The van der Waals surface area contributed by atoms with E-state index in [0.29, 0.717) is 12.8 Å². The Morgan fingerprint density at radius 2 is 1.68 bits per heavy atom. The molecule has 8 nitrogen and oxygen atoms in total. The molecule has 1 saturated heterocycles. The molecule has 10 heteroatoms. The van der Waals surface area contributed by atoms with Gasteiger partial charge in [0.1, 0.15) is 0 Å². The first-order chi connectivity index (χ1) is 8.29. The second kappa shape index (κ2) is 5.20. The van der Waals surface area contributed by atoms with E-state index in [2.05, 4.69) is 0 Å². The maximum absolute atomic E-state index is 11.3. The second-order valence-electron chi connectivity index (χ2n) is 5.97. The highest BCUT2D eigenvalue weighted by molar-refractivity contribution is 7.71. The van der Waals surface area contributed by atoms with Gasteiger partial charge in [0.15, 0.2) is 12.6 Å². The smallest absolute Gasteiger partial charge is 0.353 e. The fourth-order valence-corrected chi connectivity index (χ4v) is 4.65. The van der Waals surface area contributed by atoms with Gasteiger partial charge in [-0.05, 0) is 25.2 Å². The Morgan fingerprint density at radius 3 is 2.00 bits per heavy atom. The third kappa shape index (κ3) is 3.86. The molecule has 0 saturated carbocycles. The van der Waals surface area contributed by atoms with E-state index in [0.717, 1.165) is 17.6 Å². The van der Waals surface area contributed by atoms with Gasteiger partial charge >= 0.3 is 7.60 Å². The highest BCUT2D eigenvalue weighted by Gasteiger charge is 2.53. The Hall–Kier alpha value is 0.220. The zero-order valence-electron chi connectivity index (χ0n) is 11.1. The van der Waals surface area contributed by atoms with E-state index in [1.165, 1.54) is 0 Å². The van der Waals surface area contributed by atoms with Gasteiger partial charge in [-0.25, -0.2) is 0 Å². The van der Waals surface area contributed by atoms with Crippen LogP contribution in [0.2, 0.25) is 0 Å². The largest absolute Gasteiger partial charge is 0.777 e. The normalized spacial score (nSPS) is 27.5. The topological polar surface area (TPSA) is 144 Å². The van der Waals surface area contributed by atoms with E-state index >= 15 is 0 Å². The van der Waals surface area contributed by atoms with Crippen LogP contribution in [-0.2, 0) is 9.13 Å². The van der Waals surface area contributed by atoms with Gasteiger partial charge in [0, 0.05) is 0 Å². The van der Waals surface area contributed by atoms with Gasteiger partial charge in [0.25, 0.3) is 0 Å². The minimum atomic E-state index is -5.35. The molecule has 19 heavy (non-hydrogen) atoms. The first-order valence-corrected chi connectivity index (χ1v) is 9.18. The number of likely N-dealkylation sites (tertiary alicyclic amines) is 1. The standard InChI is InChI=1S/C9H22N2O6P2/c1-11(2)5-3-8(4-6-11)7-9(10,18(12,13)14)19(15,16)17/h8H,3-7,10H2,1-2H3,(H3-,12,13,14,15,16,17). The molecule has 5 N–H and O–H groups in total. The third-order valence-electron chi connectivity index (χ3n) is 3.87. The third-order valence-corrected chi connectivity index (χ3v) is 7.76. The van der Waals surface area contributed by atoms with E-state index in [-0.39, 0.29) is 5.92 Å². The van der Waals surface area contributed by atoms with Crippen molar-refractivity contribution < 1.29 is 33.2 Å². The summed E-state index contributed by atoms with van der Waals surface area (Å²) in [7, 11) is -6.46. The van der Waals surface area contributed by atoms with Crippen LogP contribution in [0.4, 0.5) is 0 Å². The van der Waals surface area contributed by atoms with Gasteiger partial charge in [0.2, 0.25) is 0 Å². The average Bonchev–Trinajstić information content (AvgIpc) is 2.17. The first-order valence-electron chi connectivity index (χ1n) is 5.99. The molecule has 0 aromatic heterocycles. The van der Waals surface area contributed by atoms with Crippen molar-refractivity contribution in [3.8, 4) is 0 Å². The Bertz CT molecular complexity index is 396. The number of hydrogen-bond donors (Lipinski definition) is 4. The SMILES string of the molecule is C[N+]1(C)CCC(CC(N)(P(=O)([O-])O)P(=O)(O)O)CC1. The summed E-state index contributed by atoms with van der Waals surface area (Å²) in [5, 5.41) is -2.88. The van der Waals surface area contributed by atoms with Crippen molar-refractivity contribution in [2.24, 2.45) is 11.7 Å². The van der Waals surface area contributed by atoms with Crippen LogP contribution in [0.1, 0.15) is 19.3 Å². The fraction of sp³-hybridized carbons (Fsp3) is 1.00. The predicted molar refractivity (Wildman–Crippen MR) is 68.0 cm³/mol. The van der Waals surface area contributed by atoms with E-state index in [1.807, 2.05) is 14.1 Å². The summed E-state index contributed by atoms with van der Waals surface area (Å²) in [5.41, 5.74) is 5.36. The molecule has 1 heterocycles. The van der Waals surface area contributed by atoms with Gasteiger partial charge < -0.3 is 34.4 Å². The van der Waals surface area contributed by atoms with Gasteiger partial charge in [-0.3, -0.25) is 4.57 Å². The molecule has 0 bridgehead atoms. The summed E-state index contributed by atoms with van der Waals surface area (Å²) < 4.78 is 23.4. The summed E-state index contributed by atoms with van der Waals surface area (Å²) in [6.45, 7) is 1.55. The van der Waals surface area contributed by atoms with E-state index in [9.17, 15) is 14.0 Å². The predicted octanol–water partition coefficient (Wildman–Crippen LogP) is -0.801. The monoisotopic (exact) mass is 316 g/mol. The van der Waals surface area contributed by atoms with Crippen LogP contribution in [0.5, 0.6) is 0 Å². The number of piperidine rings is 1. The van der Waals surface area contributed by atoms with Crippen LogP contribution < -0.4 is 10.6 Å². The highest BCUT2D eigenvalue weighted by Crippen LogP contribution is 2.66. The van der Waals surface area contributed by atoms with Gasteiger partial charge in [0.05, 0.1) is 27.2 Å². The molecule has 1 aliphatic heterocycles. The summed E-state index contributed by atoms with van der Waals surface area (Å²) in [4.78, 5) is 38.7. The molecule has 1 rings (SSSR count). The van der Waals surface area contributed by atoms with Crippen molar-refractivity contribution in [3.05, 3.63) is 0 Å². The van der Waals surface area contributed by atoms with Crippen molar-refractivity contribution in [2.75, 3.05) is 27.2 Å². The highest BCUT2D eigenvalue weighted by atomic mass is 31.2. The lowest BCUT2D eigenvalue weighted by atomic mass is 9.92. The van der Waals surface area contributed by atoms with Gasteiger partial charge in [-0.2, -0.15) is 0 Å². The van der Waals surface area contributed by atoms with Crippen LogP contribution in [0.3, 0.4) is 0 Å². The molecule has 2 unspecified atom stereocenters. The Kier molecular flexibility index (Phi) is 4.73. The minimum absolute atomic E-state index is 0.224. The zero-order chi connectivity index (χ0) is 15.1. The van der Waals surface area contributed by atoms with E-state index < -0.39 is 26.6 Å². The molecule has 0 aromatic carbocycles. The average molecular weight is 316 g/mol. The zero-order valence-corrected chi connectivity index (χ0v) is 12.9. The minimum Gasteiger partial charge on any atom is -0.777 e. The number of rotatable bonds is 4. The molecule has 0 amide bonds. The molecule has 0 aromatic rings. The summed E-state index contributed by atoms with van der Waals surface area (Å²) in [6, 6.07) is 0. The summed E-state index contributed by atoms with van der Waals surface area (Å²) >= 11 is 0. The van der Waals surface area contributed by atoms with E-state index in [1.54, 1.807) is 0 Å². The van der Waals surface area contributed by atoms with Crippen LogP contribution >= 0.6 is 15.2 Å².